The van der Waals surface area contributed by atoms with Crippen molar-refractivity contribution in [2.24, 2.45) is 5.92 Å². The predicted molar refractivity (Wildman–Crippen MR) is 75.4 cm³/mol. The van der Waals surface area contributed by atoms with E-state index in [2.05, 4.69) is 11.4 Å². The highest BCUT2D eigenvalue weighted by atomic mass is 32.2. The Kier molecular flexibility index (Phi) is 3.96. The van der Waals surface area contributed by atoms with Gasteiger partial charge < -0.3 is 11.1 Å². The molecule has 0 aromatic heterocycles. The molecule has 0 spiro atoms. The first-order valence-electron chi connectivity index (χ1n) is 6.20. The van der Waals surface area contributed by atoms with Crippen LogP contribution in [0.1, 0.15) is 12.0 Å². The average molecular weight is 279 g/mol. The number of rotatable bonds is 4. The van der Waals surface area contributed by atoms with Gasteiger partial charge >= 0.3 is 0 Å². The number of benzene rings is 1. The Morgan fingerprint density at radius 2 is 2.26 bits per heavy atom. The molecular weight excluding hydrogens is 262 g/mol. The highest BCUT2D eigenvalue weighted by Crippen LogP contribution is 2.21. The Morgan fingerprint density at radius 1 is 1.47 bits per heavy atom. The number of anilines is 2. The molecule has 5 nitrogen and oxygen atoms in total. The Hall–Kier alpha value is -1.74. The van der Waals surface area contributed by atoms with E-state index < -0.39 is 9.84 Å². The molecule has 1 atom stereocenters. The van der Waals surface area contributed by atoms with Crippen molar-refractivity contribution in [3.63, 3.8) is 0 Å². The minimum absolute atomic E-state index is 0.168. The van der Waals surface area contributed by atoms with Gasteiger partial charge in [0.2, 0.25) is 0 Å². The zero-order chi connectivity index (χ0) is 13.9. The number of nitrogens with zero attached hydrogens (tertiary/aromatic N) is 1. The van der Waals surface area contributed by atoms with Crippen LogP contribution in [-0.2, 0) is 16.3 Å². The van der Waals surface area contributed by atoms with E-state index in [1.807, 2.05) is 12.1 Å². The number of hydrogen-bond donors (Lipinski definition) is 2. The fourth-order valence-electron chi connectivity index (χ4n) is 2.25. The number of nitriles is 1. The standard InChI is InChI=1S/C13H17N3O2S/c14-5-3-11-7-12(1-2-13(11)15)16-8-10-4-6-19(17,18)9-10/h1-2,7,10,16H,3-4,6,8-9,15H2. The van der Waals surface area contributed by atoms with Gasteiger partial charge in [-0.15, -0.1) is 0 Å². The van der Waals surface area contributed by atoms with Gasteiger partial charge in [-0.2, -0.15) is 5.26 Å². The average Bonchev–Trinajstić information content (AvgIpc) is 2.70. The van der Waals surface area contributed by atoms with Crippen LogP contribution in [0.25, 0.3) is 0 Å². The molecule has 0 aliphatic carbocycles. The molecule has 1 fully saturated rings. The maximum atomic E-state index is 11.4. The fraction of sp³-hybridized carbons (Fsp3) is 0.462. The molecule has 0 saturated carbocycles. The van der Waals surface area contributed by atoms with Crippen molar-refractivity contribution in [2.45, 2.75) is 12.8 Å². The Balaban J connectivity index is 1.97. The molecule has 2 rings (SSSR count). The van der Waals surface area contributed by atoms with Gasteiger partial charge in [-0.1, -0.05) is 0 Å². The molecule has 6 heteroatoms. The second-order valence-electron chi connectivity index (χ2n) is 4.90. The molecule has 0 amide bonds. The van der Waals surface area contributed by atoms with Crippen molar-refractivity contribution in [3.05, 3.63) is 23.8 Å². The van der Waals surface area contributed by atoms with Gasteiger partial charge in [0.15, 0.2) is 9.84 Å². The first kappa shape index (κ1) is 13.7. The van der Waals surface area contributed by atoms with E-state index in [1.54, 1.807) is 6.07 Å². The molecule has 1 aromatic carbocycles. The van der Waals surface area contributed by atoms with Crippen LogP contribution in [0.3, 0.4) is 0 Å². The highest BCUT2D eigenvalue weighted by molar-refractivity contribution is 7.91. The van der Waals surface area contributed by atoms with Gasteiger partial charge in [0.1, 0.15) is 0 Å². The van der Waals surface area contributed by atoms with Crippen LogP contribution in [0.5, 0.6) is 0 Å². The van der Waals surface area contributed by atoms with Crippen molar-refractivity contribution >= 4 is 21.2 Å². The summed E-state index contributed by atoms with van der Waals surface area (Å²) in [7, 11) is -2.83. The van der Waals surface area contributed by atoms with E-state index >= 15 is 0 Å². The Labute approximate surface area is 113 Å². The highest BCUT2D eigenvalue weighted by Gasteiger charge is 2.27. The van der Waals surface area contributed by atoms with Crippen LogP contribution in [0.15, 0.2) is 18.2 Å². The predicted octanol–water partition coefficient (Wildman–Crippen LogP) is 1.18. The second-order valence-corrected chi connectivity index (χ2v) is 7.13. The van der Waals surface area contributed by atoms with Crippen molar-refractivity contribution in [1.29, 1.82) is 5.26 Å². The summed E-state index contributed by atoms with van der Waals surface area (Å²) >= 11 is 0. The number of nitrogen functional groups attached to an aromatic ring is 1. The molecule has 1 unspecified atom stereocenters. The summed E-state index contributed by atoms with van der Waals surface area (Å²) in [6.07, 6.45) is 0.995. The number of nitrogens with one attached hydrogen (secondary N) is 1. The minimum atomic E-state index is -2.83. The van der Waals surface area contributed by atoms with Crippen LogP contribution in [0.2, 0.25) is 0 Å². The molecule has 102 valence electrons. The molecule has 1 aliphatic heterocycles. The molecule has 1 heterocycles. The maximum Gasteiger partial charge on any atom is 0.150 e. The van der Waals surface area contributed by atoms with Crippen LogP contribution >= 0.6 is 0 Å². The van der Waals surface area contributed by atoms with Gasteiger partial charge in [-0.05, 0) is 36.1 Å². The molecule has 1 saturated heterocycles. The summed E-state index contributed by atoms with van der Waals surface area (Å²) in [5.74, 6) is 0.725. The van der Waals surface area contributed by atoms with Crippen LogP contribution in [0, 0.1) is 17.2 Å². The van der Waals surface area contributed by atoms with Crippen molar-refractivity contribution < 1.29 is 8.42 Å². The topological polar surface area (TPSA) is 96.0 Å². The second kappa shape index (κ2) is 5.49. The number of hydrogen-bond acceptors (Lipinski definition) is 5. The minimum Gasteiger partial charge on any atom is -0.398 e. The zero-order valence-electron chi connectivity index (χ0n) is 10.6. The third-order valence-electron chi connectivity index (χ3n) is 3.33. The lowest BCUT2D eigenvalue weighted by molar-refractivity contribution is 0.596. The third-order valence-corrected chi connectivity index (χ3v) is 5.17. The van der Waals surface area contributed by atoms with Crippen molar-refractivity contribution in [2.75, 3.05) is 29.1 Å². The van der Waals surface area contributed by atoms with Crippen LogP contribution < -0.4 is 11.1 Å². The van der Waals surface area contributed by atoms with Gasteiger partial charge in [0, 0.05) is 17.9 Å². The molecule has 3 N–H and O–H groups in total. The SMILES string of the molecule is N#CCc1cc(NCC2CCS(=O)(=O)C2)ccc1N. The zero-order valence-corrected chi connectivity index (χ0v) is 11.4. The lowest BCUT2D eigenvalue weighted by Crippen LogP contribution is -2.15. The molecule has 1 aromatic rings. The normalized spacial score (nSPS) is 20.9. The van der Waals surface area contributed by atoms with E-state index in [0.717, 1.165) is 17.7 Å². The maximum absolute atomic E-state index is 11.4. The van der Waals surface area contributed by atoms with E-state index in [0.29, 0.717) is 18.0 Å². The Morgan fingerprint density at radius 3 is 2.89 bits per heavy atom. The summed E-state index contributed by atoms with van der Waals surface area (Å²) < 4.78 is 22.7. The van der Waals surface area contributed by atoms with Crippen LogP contribution in [-0.4, -0.2) is 26.5 Å². The van der Waals surface area contributed by atoms with Gasteiger partial charge in [-0.25, -0.2) is 8.42 Å². The summed E-state index contributed by atoms with van der Waals surface area (Å²) in [5, 5.41) is 11.9. The number of sulfone groups is 1. The summed E-state index contributed by atoms with van der Waals surface area (Å²) in [6.45, 7) is 0.634. The molecule has 19 heavy (non-hydrogen) atoms. The van der Waals surface area contributed by atoms with E-state index in [1.165, 1.54) is 0 Å². The molecule has 0 radical (unpaired) electrons. The van der Waals surface area contributed by atoms with E-state index in [9.17, 15) is 8.42 Å². The van der Waals surface area contributed by atoms with E-state index in [4.69, 9.17) is 11.0 Å². The lowest BCUT2D eigenvalue weighted by atomic mass is 10.1. The first-order valence-corrected chi connectivity index (χ1v) is 8.02. The summed E-state index contributed by atoms with van der Waals surface area (Å²) in [5.41, 5.74) is 8.05. The summed E-state index contributed by atoms with van der Waals surface area (Å²) in [4.78, 5) is 0. The lowest BCUT2D eigenvalue weighted by Gasteiger charge is -2.12. The van der Waals surface area contributed by atoms with Gasteiger partial charge in [0.05, 0.1) is 24.0 Å². The van der Waals surface area contributed by atoms with Crippen molar-refractivity contribution in [1.82, 2.24) is 0 Å². The van der Waals surface area contributed by atoms with Crippen molar-refractivity contribution in [3.8, 4) is 6.07 Å². The first-order chi connectivity index (χ1) is 9.00. The van der Waals surface area contributed by atoms with E-state index in [-0.39, 0.29) is 18.1 Å². The molecular formula is C13H17N3O2S. The Bertz CT molecular complexity index is 605. The van der Waals surface area contributed by atoms with Gasteiger partial charge in [-0.3, -0.25) is 0 Å². The fourth-order valence-corrected chi connectivity index (χ4v) is 4.11. The smallest absolute Gasteiger partial charge is 0.150 e. The quantitative estimate of drug-likeness (QED) is 0.807. The monoisotopic (exact) mass is 279 g/mol. The molecule has 0 bridgehead atoms. The summed E-state index contributed by atoms with van der Waals surface area (Å²) in [6, 6.07) is 7.53. The number of nitrogens with two attached hydrogens (primary N) is 1. The van der Waals surface area contributed by atoms with Gasteiger partial charge in [0.25, 0.3) is 0 Å². The largest absolute Gasteiger partial charge is 0.398 e. The molecule has 1 aliphatic rings. The third kappa shape index (κ3) is 3.61. The van der Waals surface area contributed by atoms with Crippen LogP contribution in [0.4, 0.5) is 11.4 Å².